The van der Waals surface area contributed by atoms with Crippen molar-refractivity contribution in [1.82, 2.24) is 30.1 Å². The first-order valence-corrected chi connectivity index (χ1v) is 6.71. The van der Waals surface area contributed by atoms with Crippen molar-refractivity contribution in [1.29, 1.82) is 0 Å². The molecule has 0 aliphatic carbocycles. The minimum Gasteiger partial charge on any atom is -0.336 e. The topological polar surface area (TPSA) is 82.6 Å². The molecule has 18 heavy (non-hydrogen) atoms. The third-order valence-electron chi connectivity index (χ3n) is 2.91. The highest BCUT2D eigenvalue weighted by molar-refractivity contribution is 7.09. The van der Waals surface area contributed by atoms with Crippen LogP contribution in [0.5, 0.6) is 0 Å². The zero-order valence-corrected chi connectivity index (χ0v) is 11.1. The van der Waals surface area contributed by atoms with Gasteiger partial charge in [0.25, 0.3) is 0 Å². The number of aromatic amines is 1. The molecule has 2 N–H and O–H groups in total. The van der Waals surface area contributed by atoms with Crippen LogP contribution in [0.3, 0.4) is 0 Å². The first kappa shape index (κ1) is 11.5. The predicted molar refractivity (Wildman–Crippen MR) is 69.6 cm³/mol. The molecule has 0 radical (unpaired) electrons. The minimum absolute atomic E-state index is 0.445. The average Bonchev–Trinajstić information content (AvgIpc) is 2.99. The third kappa shape index (κ3) is 2.21. The second-order valence-corrected chi connectivity index (χ2v) is 5.43. The highest BCUT2D eigenvalue weighted by Gasteiger charge is 2.24. The average molecular weight is 265 g/mol. The van der Waals surface area contributed by atoms with Gasteiger partial charge in [-0.05, 0) is 25.4 Å². The molecule has 3 rings (SSSR count). The minimum atomic E-state index is 0.445. The lowest BCUT2D eigenvalue weighted by molar-refractivity contribution is 0.403. The number of hydrogen-bond acceptors (Lipinski definition) is 7. The standard InChI is InChI=1S/C10H15N7S/c1-6-4-17(5-7(2)12-6)10-13-9(14-15-10)8-3-11-16-18-8/h3,6-7,12H,4-5H2,1-2H3,(H,13,14,15). The van der Waals surface area contributed by atoms with Gasteiger partial charge in [0, 0.05) is 25.2 Å². The van der Waals surface area contributed by atoms with Crippen LogP contribution in [0.15, 0.2) is 6.20 Å². The van der Waals surface area contributed by atoms with Crippen LogP contribution in [0.4, 0.5) is 5.95 Å². The van der Waals surface area contributed by atoms with E-state index in [9.17, 15) is 0 Å². The Bertz CT molecular complexity index is 498. The van der Waals surface area contributed by atoms with E-state index in [1.165, 1.54) is 11.5 Å². The number of H-pyrrole nitrogens is 1. The molecule has 96 valence electrons. The molecule has 0 amide bonds. The van der Waals surface area contributed by atoms with Crippen LogP contribution in [0, 0.1) is 0 Å². The van der Waals surface area contributed by atoms with Crippen LogP contribution in [0.2, 0.25) is 0 Å². The van der Waals surface area contributed by atoms with Gasteiger partial charge in [0.1, 0.15) is 4.88 Å². The van der Waals surface area contributed by atoms with Crippen LogP contribution in [0.1, 0.15) is 13.8 Å². The number of nitrogens with one attached hydrogen (secondary N) is 2. The van der Waals surface area contributed by atoms with Gasteiger partial charge in [-0.25, -0.2) is 0 Å². The molecular formula is C10H15N7S. The maximum Gasteiger partial charge on any atom is 0.245 e. The molecule has 1 aliphatic heterocycles. The summed E-state index contributed by atoms with van der Waals surface area (Å²) in [6.07, 6.45) is 1.69. The molecule has 3 heterocycles. The van der Waals surface area contributed by atoms with Crippen molar-refractivity contribution >= 4 is 17.5 Å². The summed E-state index contributed by atoms with van der Waals surface area (Å²) >= 11 is 1.31. The lowest BCUT2D eigenvalue weighted by atomic mass is 10.1. The molecule has 2 unspecified atom stereocenters. The van der Waals surface area contributed by atoms with E-state index in [-0.39, 0.29) is 0 Å². The van der Waals surface area contributed by atoms with Crippen molar-refractivity contribution in [3.63, 3.8) is 0 Å². The first-order valence-electron chi connectivity index (χ1n) is 5.93. The normalized spacial score (nSPS) is 24.4. The molecule has 7 nitrogen and oxygen atoms in total. The molecular weight excluding hydrogens is 250 g/mol. The van der Waals surface area contributed by atoms with Crippen LogP contribution < -0.4 is 10.2 Å². The summed E-state index contributed by atoms with van der Waals surface area (Å²) in [5.74, 6) is 1.48. The lowest BCUT2D eigenvalue weighted by Crippen LogP contribution is -2.54. The Morgan fingerprint density at radius 3 is 2.78 bits per heavy atom. The second kappa shape index (κ2) is 4.62. The lowest BCUT2D eigenvalue weighted by Gasteiger charge is -2.35. The van der Waals surface area contributed by atoms with Crippen molar-refractivity contribution in [3.8, 4) is 10.7 Å². The smallest absolute Gasteiger partial charge is 0.245 e. The molecule has 0 bridgehead atoms. The zero-order valence-electron chi connectivity index (χ0n) is 10.3. The number of nitrogens with zero attached hydrogens (tertiary/aromatic N) is 5. The molecule has 2 atom stereocenters. The fraction of sp³-hybridized carbons (Fsp3) is 0.600. The van der Waals surface area contributed by atoms with E-state index < -0.39 is 0 Å². The Balaban J connectivity index is 1.80. The maximum atomic E-state index is 4.51. The molecule has 0 saturated carbocycles. The van der Waals surface area contributed by atoms with E-state index in [0.717, 1.165) is 29.7 Å². The number of hydrogen-bond donors (Lipinski definition) is 2. The molecule has 0 spiro atoms. The summed E-state index contributed by atoms with van der Waals surface area (Å²) in [7, 11) is 0. The Morgan fingerprint density at radius 2 is 2.11 bits per heavy atom. The van der Waals surface area contributed by atoms with Gasteiger partial charge in [0.05, 0.1) is 6.20 Å². The van der Waals surface area contributed by atoms with E-state index in [1.54, 1.807) is 6.20 Å². The maximum absolute atomic E-state index is 4.51. The highest BCUT2D eigenvalue weighted by Crippen LogP contribution is 2.20. The van der Waals surface area contributed by atoms with Crippen molar-refractivity contribution < 1.29 is 0 Å². The van der Waals surface area contributed by atoms with Gasteiger partial charge in [0.15, 0.2) is 5.82 Å². The monoisotopic (exact) mass is 265 g/mol. The number of rotatable bonds is 2. The number of aromatic nitrogens is 5. The van der Waals surface area contributed by atoms with Crippen LogP contribution >= 0.6 is 11.5 Å². The highest BCUT2D eigenvalue weighted by atomic mass is 32.1. The number of piperazine rings is 1. The van der Waals surface area contributed by atoms with E-state index in [2.05, 4.69) is 48.8 Å². The molecule has 2 aromatic rings. The SMILES string of the molecule is CC1CN(c2n[nH]c(-c3cnns3)n2)CC(C)N1. The van der Waals surface area contributed by atoms with Crippen molar-refractivity contribution in [2.45, 2.75) is 25.9 Å². The van der Waals surface area contributed by atoms with E-state index in [1.807, 2.05) is 0 Å². The summed E-state index contributed by atoms with van der Waals surface area (Å²) in [6.45, 7) is 6.18. The van der Waals surface area contributed by atoms with Crippen molar-refractivity contribution in [3.05, 3.63) is 6.20 Å². The number of anilines is 1. The van der Waals surface area contributed by atoms with Gasteiger partial charge < -0.3 is 10.2 Å². The molecule has 2 aromatic heterocycles. The quantitative estimate of drug-likeness (QED) is 0.823. The summed E-state index contributed by atoms with van der Waals surface area (Å²) in [5, 5.41) is 14.5. The molecule has 1 saturated heterocycles. The first-order chi connectivity index (χ1) is 8.72. The van der Waals surface area contributed by atoms with Gasteiger partial charge in [-0.1, -0.05) is 4.49 Å². The molecule has 1 aliphatic rings. The summed E-state index contributed by atoms with van der Waals surface area (Å²) in [6, 6.07) is 0.890. The van der Waals surface area contributed by atoms with E-state index in [4.69, 9.17) is 0 Å². The molecule has 1 fully saturated rings. The summed E-state index contributed by atoms with van der Waals surface area (Å²) in [5.41, 5.74) is 0. The van der Waals surface area contributed by atoms with Gasteiger partial charge in [-0.15, -0.1) is 10.2 Å². The van der Waals surface area contributed by atoms with Crippen molar-refractivity contribution in [2.75, 3.05) is 18.0 Å². The molecule has 0 aromatic carbocycles. The van der Waals surface area contributed by atoms with Crippen LogP contribution in [0.25, 0.3) is 10.7 Å². The largest absolute Gasteiger partial charge is 0.336 e. The third-order valence-corrected chi connectivity index (χ3v) is 3.58. The van der Waals surface area contributed by atoms with Crippen LogP contribution in [-0.4, -0.2) is 49.9 Å². The van der Waals surface area contributed by atoms with Gasteiger partial charge in [-0.3, -0.25) is 5.10 Å². The van der Waals surface area contributed by atoms with Crippen LogP contribution in [-0.2, 0) is 0 Å². The fourth-order valence-electron chi connectivity index (χ4n) is 2.27. The van der Waals surface area contributed by atoms with E-state index >= 15 is 0 Å². The summed E-state index contributed by atoms with van der Waals surface area (Å²) < 4.78 is 3.82. The Hall–Kier alpha value is -1.54. The van der Waals surface area contributed by atoms with Gasteiger partial charge in [-0.2, -0.15) is 4.98 Å². The Labute approximate surface area is 109 Å². The zero-order chi connectivity index (χ0) is 12.5. The Kier molecular flexibility index (Phi) is 2.96. The summed E-state index contributed by atoms with van der Waals surface area (Å²) in [4.78, 5) is 7.61. The van der Waals surface area contributed by atoms with Gasteiger partial charge in [0.2, 0.25) is 5.95 Å². The van der Waals surface area contributed by atoms with Crippen molar-refractivity contribution in [2.24, 2.45) is 0 Å². The predicted octanol–water partition coefficient (Wildman–Crippen LogP) is 0.510. The van der Waals surface area contributed by atoms with Gasteiger partial charge >= 0.3 is 0 Å². The second-order valence-electron chi connectivity index (χ2n) is 4.64. The molecule has 8 heteroatoms. The fourth-order valence-corrected chi connectivity index (χ4v) is 2.72. The van der Waals surface area contributed by atoms with E-state index in [0.29, 0.717) is 12.1 Å². The Morgan fingerprint density at radius 1 is 1.33 bits per heavy atom.